The second kappa shape index (κ2) is 9.25. The molecule has 0 radical (unpaired) electrons. The number of nitrogens with two attached hydrogens (primary N) is 1. The molecule has 31 heavy (non-hydrogen) atoms. The van der Waals surface area contributed by atoms with Crippen molar-refractivity contribution < 1.29 is 13.2 Å². The lowest BCUT2D eigenvalue weighted by molar-refractivity contribution is -0.113. The lowest BCUT2D eigenvalue weighted by atomic mass is 10.1. The Morgan fingerprint density at radius 2 is 1.81 bits per heavy atom. The zero-order chi connectivity index (χ0) is 22.8. The van der Waals surface area contributed by atoms with E-state index in [0.717, 1.165) is 28.5 Å². The van der Waals surface area contributed by atoms with Crippen LogP contribution in [0.5, 0.6) is 0 Å². The first-order valence-corrected chi connectivity index (χ1v) is 12.1. The van der Waals surface area contributed by atoms with Crippen molar-refractivity contribution in [1.29, 1.82) is 0 Å². The van der Waals surface area contributed by atoms with Crippen molar-refractivity contribution in [3.8, 4) is 0 Å². The molecule has 0 fully saturated rings. The number of aromatic nitrogens is 2. The van der Waals surface area contributed by atoms with Crippen LogP contribution in [0, 0.1) is 20.8 Å². The van der Waals surface area contributed by atoms with Crippen LogP contribution in [-0.2, 0) is 14.6 Å². The van der Waals surface area contributed by atoms with Crippen LogP contribution in [0.3, 0.4) is 0 Å². The first kappa shape index (κ1) is 23.1. The van der Waals surface area contributed by atoms with E-state index in [4.69, 9.17) is 17.3 Å². The summed E-state index contributed by atoms with van der Waals surface area (Å²) < 4.78 is 25.8. The Kier molecular flexibility index (Phi) is 6.88. The van der Waals surface area contributed by atoms with Gasteiger partial charge in [-0.15, -0.1) is 0 Å². The highest BCUT2D eigenvalue weighted by molar-refractivity contribution is 7.99. The number of carbonyl (C=O) groups is 1. The van der Waals surface area contributed by atoms with Gasteiger partial charge in [0.05, 0.1) is 16.8 Å². The number of thioether (sulfide) groups is 1. The molecule has 1 aromatic heterocycles. The van der Waals surface area contributed by atoms with Gasteiger partial charge in [0, 0.05) is 10.7 Å². The summed E-state index contributed by atoms with van der Waals surface area (Å²) >= 11 is 7.01. The molecule has 0 aliphatic carbocycles. The highest BCUT2D eigenvalue weighted by Gasteiger charge is 2.23. The number of benzene rings is 2. The average Bonchev–Trinajstić information content (AvgIpc) is 2.71. The Hall–Kier alpha value is -2.62. The number of nitrogen functional groups attached to an aromatic ring is 1. The third kappa shape index (κ3) is 5.36. The second-order valence-corrected chi connectivity index (χ2v) is 10.2. The summed E-state index contributed by atoms with van der Waals surface area (Å²) in [5.74, 6) is -0.416. The first-order chi connectivity index (χ1) is 14.6. The third-order valence-electron chi connectivity index (χ3n) is 4.65. The molecule has 7 nitrogen and oxygen atoms in total. The minimum absolute atomic E-state index is 0.0225. The minimum Gasteiger partial charge on any atom is -0.382 e. The molecule has 3 aromatic rings. The van der Waals surface area contributed by atoms with Crippen molar-refractivity contribution in [1.82, 2.24) is 9.97 Å². The van der Waals surface area contributed by atoms with Gasteiger partial charge in [0.15, 0.2) is 5.16 Å². The quantitative estimate of drug-likeness (QED) is 0.404. The lowest BCUT2D eigenvalue weighted by Crippen LogP contribution is -2.15. The SMILES string of the molecule is Cc1ccc(S(=O)(=O)c2cnc(SCC(=O)Nc3cc(Cl)ccc3C)nc2N)cc1C. The number of nitrogens with one attached hydrogen (secondary N) is 1. The molecule has 1 amide bonds. The number of anilines is 2. The topological polar surface area (TPSA) is 115 Å². The highest BCUT2D eigenvalue weighted by atomic mass is 35.5. The molecule has 2 aromatic carbocycles. The van der Waals surface area contributed by atoms with E-state index in [1.54, 1.807) is 24.3 Å². The number of nitrogens with zero attached hydrogens (tertiary/aromatic N) is 2. The Bertz CT molecular complexity index is 1260. The Morgan fingerprint density at radius 1 is 1.10 bits per heavy atom. The Balaban J connectivity index is 1.72. The number of carbonyl (C=O) groups excluding carboxylic acids is 1. The number of amides is 1. The van der Waals surface area contributed by atoms with Gasteiger partial charge in [0.2, 0.25) is 15.7 Å². The van der Waals surface area contributed by atoms with E-state index in [0.29, 0.717) is 10.7 Å². The fourth-order valence-corrected chi connectivity index (χ4v) is 4.84. The molecule has 10 heteroatoms. The van der Waals surface area contributed by atoms with Gasteiger partial charge in [-0.3, -0.25) is 4.79 Å². The molecule has 3 N–H and O–H groups in total. The standard InChI is InChI=1S/C21H21ClN4O3S2/c1-12-5-7-16(8-14(12)3)31(28,29)18-10-24-21(26-20(18)23)30-11-19(27)25-17-9-15(22)6-4-13(17)2/h4-10H,11H2,1-3H3,(H,25,27)(H2,23,24,26). The smallest absolute Gasteiger partial charge is 0.234 e. The van der Waals surface area contributed by atoms with E-state index in [9.17, 15) is 13.2 Å². The van der Waals surface area contributed by atoms with Crippen molar-refractivity contribution in [2.24, 2.45) is 0 Å². The van der Waals surface area contributed by atoms with Gasteiger partial charge in [-0.2, -0.15) is 0 Å². The summed E-state index contributed by atoms with van der Waals surface area (Å²) in [4.78, 5) is 20.3. The van der Waals surface area contributed by atoms with Crippen LogP contribution >= 0.6 is 23.4 Å². The summed E-state index contributed by atoms with van der Waals surface area (Å²) in [5, 5.41) is 3.50. The number of hydrogen-bond acceptors (Lipinski definition) is 7. The third-order valence-corrected chi connectivity index (χ3v) is 7.51. The summed E-state index contributed by atoms with van der Waals surface area (Å²) in [5.41, 5.74) is 9.26. The van der Waals surface area contributed by atoms with E-state index in [2.05, 4.69) is 15.3 Å². The summed E-state index contributed by atoms with van der Waals surface area (Å²) in [7, 11) is -3.86. The van der Waals surface area contributed by atoms with Crippen LogP contribution < -0.4 is 11.1 Å². The summed E-state index contributed by atoms with van der Waals surface area (Å²) in [6, 6.07) is 10.1. The normalized spacial score (nSPS) is 11.4. The monoisotopic (exact) mass is 476 g/mol. The van der Waals surface area contributed by atoms with Crippen molar-refractivity contribution in [2.75, 3.05) is 16.8 Å². The van der Waals surface area contributed by atoms with E-state index in [1.807, 2.05) is 26.8 Å². The van der Waals surface area contributed by atoms with E-state index in [-0.39, 0.29) is 32.4 Å². The highest BCUT2D eigenvalue weighted by Crippen LogP contribution is 2.27. The van der Waals surface area contributed by atoms with E-state index >= 15 is 0 Å². The van der Waals surface area contributed by atoms with Crippen LogP contribution in [0.25, 0.3) is 0 Å². The molecular formula is C21H21ClN4O3S2. The zero-order valence-corrected chi connectivity index (χ0v) is 19.5. The first-order valence-electron chi connectivity index (χ1n) is 9.21. The molecule has 0 spiro atoms. The van der Waals surface area contributed by atoms with E-state index in [1.165, 1.54) is 12.3 Å². The molecule has 162 valence electrons. The Labute approximate surface area is 190 Å². The van der Waals surface area contributed by atoms with Gasteiger partial charge in [0.25, 0.3) is 0 Å². The molecule has 0 saturated heterocycles. The molecule has 0 aliphatic heterocycles. The molecule has 0 saturated carbocycles. The zero-order valence-electron chi connectivity index (χ0n) is 17.1. The van der Waals surface area contributed by atoms with Crippen molar-refractivity contribution in [3.63, 3.8) is 0 Å². The van der Waals surface area contributed by atoms with Crippen LogP contribution in [0.2, 0.25) is 5.02 Å². The van der Waals surface area contributed by atoms with E-state index < -0.39 is 9.84 Å². The van der Waals surface area contributed by atoms with Gasteiger partial charge < -0.3 is 11.1 Å². The Morgan fingerprint density at radius 3 is 2.48 bits per heavy atom. The average molecular weight is 477 g/mol. The molecular weight excluding hydrogens is 456 g/mol. The summed E-state index contributed by atoms with van der Waals surface area (Å²) in [6.45, 7) is 5.60. The van der Waals surface area contributed by atoms with Crippen LogP contribution in [0.4, 0.5) is 11.5 Å². The van der Waals surface area contributed by atoms with Gasteiger partial charge in [-0.05, 0) is 61.7 Å². The molecule has 0 atom stereocenters. The van der Waals surface area contributed by atoms with Gasteiger partial charge in [-0.25, -0.2) is 18.4 Å². The number of halogens is 1. The van der Waals surface area contributed by atoms with Gasteiger partial charge in [0.1, 0.15) is 10.7 Å². The number of hydrogen-bond donors (Lipinski definition) is 2. The number of rotatable bonds is 6. The molecule has 0 aliphatic rings. The second-order valence-electron chi connectivity index (χ2n) is 6.95. The maximum Gasteiger partial charge on any atom is 0.234 e. The van der Waals surface area contributed by atoms with Crippen LogP contribution in [0.1, 0.15) is 16.7 Å². The van der Waals surface area contributed by atoms with Crippen molar-refractivity contribution in [3.05, 3.63) is 64.3 Å². The van der Waals surface area contributed by atoms with Crippen LogP contribution in [-0.4, -0.2) is 30.0 Å². The van der Waals surface area contributed by atoms with Gasteiger partial charge >= 0.3 is 0 Å². The molecule has 3 rings (SSSR count). The summed E-state index contributed by atoms with van der Waals surface area (Å²) in [6.07, 6.45) is 1.17. The maximum absolute atomic E-state index is 12.9. The largest absolute Gasteiger partial charge is 0.382 e. The predicted octanol–water partition coefficient (Wildman–Crippen LogP) is 4.20. The van der Waals surface area contributed by atoms with Crippen molar-refractivity contribution in [2.45, 2.75) is 35.7 Å². The molecule has 0 unspecified atom stereocenters. The molecule has 0 bridgehead atoms. The number of sulfone groups is 1. The minimum atomic E-state index is -3.86. The molecule has 1 heterocycles. The predicted molar refractivity (Wildman–Crippen MR) is 123 cm³/mol. The lowest BCUT2D eigenvalue weighted by Gasteiger charge is -2.10. The fraction of sp³-hybridized carbons (Fsp3) is 0.190. The number of aryl methyl sites for hydroxylation is 3. The van der Waals surface area contributed by atoms with Crippen LogP contribution in [0.15, 0.2) is 57.5 Å². The maximum atomic E-state index is 12.9. The van der Waals surface area contributed by atoms with Gasteiger partial charge in [-0.1, -0.05) is 35.5 Å². The van der Waals surface area contributed by atoms with Crippen molar-refractivity contribution >= 4 is 50.6 Å². The fourth-order valence-electron chi connectivity index (χ4n) is 2.70.